The van der Waals surface area contributed by atoms with Gasteiger partial charge in [-0.2, -0.15) is 0 Å². The number of hydrogen-bond acceptors (Lipinski definition) is 16. The molecule has 4 aliphatic rings. The summed E-state index contributed by atoms with van der Waals surface area (Å²) in [4.78, 5) is 130. The second-order valence-corrected chi connectivity index (χ2v) is 24.9. The number of halogens is 1. The van der Waals surface area contributed by atoms with E-state index in [9.17, 15) is 48.3 Å². The number of imide groups is 1. The van der Waals surface area contributed by atoms with Gasteiger partial charge in [-0.25, -0.2) is 14.4 Å². The Balaban J connectivity index is 1.08. The minimum atomic E-state index is -1.90. The number of urea groups is 1. The number of unbranched alkanes of at least 4 members (excludes halogenated alkanes) is 2. The lowest BCUT2D eigenvalue weighted by molar-refractivity contribution is -0.158. The number of epoxide rings is 1. The maximum atomic E-state index is 14.7. The predicted molar refractivity (Wildman–Crippen MR) is 336 cm³/mol. The average molecular weight is 1270 g/mol. The van der Waals surface area contributed by atoms with Crippen LogP contribution in [0.15, 0.2) is 78.5 Å². The van der Waals surface area contributed by atoms with Crippen LogP contribution < -0.4 is 31.9 Å². The summed E-state index contributed by atoms with van der Waals surface area (Å²) in [6.45, 7) is 12.8. The first-order chi connectivity index (χ1) is 42.1. The average Bonchev–Trinajstić information content (AvgIpc) is 1.71. The molecule has 0 saturated carbocycles. The number of carbonyl (C=O) groups is 9. The van der Waals surface area contributed by atoms with Crippen molar-refractivity contribution in [1.29, 1.82) is 0 Å². The number of hydrogen-bond donors (Lipinski definition) is 6. The maximum absolute atomic E-state index is 14.7. The zero-order valence-electron chi connectivity index (χ0n) is 52.0. The number of carbonyl (C=O) groups excluding carboxylic acids is 9. The highest BCUT2D eigenvalue weighted by molar-refractivity contribution is 7.80. The first-order valence-corrected chi connectivity index (χ1v) is 30.7. The molecule has 1 aromatic heterocycles. The third-order valence-electron chi connectivity index (χ3n) is 17.0. The largest absolute Gasteiger partial charge is 0.457 e. The SMILES string of the molecule is CO[C@@H]1/C=C/C=C(\C)Cc2cc(C)c(Cl)c(c2)N(C)C(=O)C[C@H](OC(=O)[C@H](C)N(C)C(=O)c2ccc(CC(=O)[C@H](CCCNC(N)=O)NC(=O)[C@@H](NC(=S)CCCCCN3C(=O)C=CC3=O)C(C)C)c3ncccc23)[C@]2(C)O[C@H]2[C@H](C)[C@@H]2C[C@@]1(O)NC(=O)O2. The molecule has 89 heavy (non-hydrogen) atoms. The number of aromatic nitrogens is 1. The molecule has 0 unspecified atom stereocenters. The zero-order chi connectivity index (χ0) is 65.2. The Morgan fingerprint density at radius 1 is 1.02 bits per heavy atom. The molecule has 2 fully saturated rings. The van der Waals surface area contributed by atoms with Crippen molar-refractivity contribution in [3.05, 3.63) is 106 Å². The van der Waals surface area contributed by atoms with Crippen molar-refractivity contribution in [3.8, 4) is 0 Å². The van der Waals surface area contributed by atoms with Crippen LogP contribution in [0.3, 0.4) is 0 Å². The van der Waals surface area contributed by atoms with Gasteiger partial charge in [-0.15, -0.1) is 0 Å². The van der Waals surface area contributed by atoms with Gasteiger partial charge in [0.15, 0.2) is 11.5 Å². The molecule has 8 amide bonds. The Bertz CT molecular complexity index is 3320. The van der Waals surface area contributed by atoms with Crippen LogP contribution in [-0.2, 0) is 60.6 Å². The number of aryl methyl sites for hydroxylation is 1. The molecule has 7 N–H and O–H groups in total. The fourth-order valence-corrected chi connectivity index (χ4v) is 12.0. The van der Waals surface area contributed by atoms with Crippen LogP contribution in [0.4, 0.5) is 15.3 Å². The molecule has 4 aliphatic heterocycles. The van der Waals surface area contributed by atoms with Crippen molar-refractivity contribution in [2.45, 2.75) is 167 Å². The van der Waals surface area contributed by atoms with Gasteiger partial charge in [0.25, 0.3) is 17.7 Å². The minimum Gasteiger partial charge on any atom is -0.457 e. The number of methoxy groups -OCH3 is 1. The molecule has 0 aliphatic carbocycles. The number of amides is 8. The number of alkyl carbamates (subject to hydrolysis) is 1. The van der Waals surface area contributed by atoms with Crippen LogP contribution in [0.25, 0.3) is 10.9 Å². The Morgan fingerprint density at radius 3 is 2.43 bits per heavy atom. The van der Waals surface area contributed by atoms with Gasteiger partial charge in [-0.3, -0.25) is 44.0 Å². The second kappa shape index (κ2) is 29.8. The Morgan fingerprint density at radius 2 is 1.74 bits per heavy atom. The summed E-state index contributed by atoms with van der Waals surface area (Å²) in [6, 6.07) is 6.27. The summed E-state index contributed by atoms with van der Waals surface area (Å²) in [5.74, 6) is -4.40. The molecule has 480 valence electrons. The van der Waals surface area contributed by atoms with Crippen molar-refractivity contribution in [3.63, 3.8) is 0 Å². The summed E-state index contributed by atoms with van der Waals surface area (Å²) in [6.07, 6.45) is 6.82. The van der Waals surface area contributed by atoms with Crippen molar-refractivity contribution in [2.24, 2.45) is 17.6 Å². The number of nitrogens with two attached hydrogens (primary N) is 1. The Kier molecular flexibility index (Phi) is 23.0. The molecular formula is C64H82ClN9O14S. The van der Waals surface area contributed by atoms with E-state index in [0.717, 1.165) is 16.7 Å². The zero-order valence-corrected chi connectivity index (χ0v) is 53.6. The number of rotatable bonds is 22. The maximum Gasteiger partial charge on any atom is 0.409 e. The molecule has 10 atom stereocenters. The van der Waals surface area contributed by atoms with Crippen molar-refractivity contribution < 1.29 is 67.2 Å². The van der Waals surface area contributed by atoms with Gasteiger partial charge in [-0.1, -0.05) is 93.0 Å². The van der Waals surface area contributed by atoms with Crippen LogP contribution in [-0.4, -0.2) is 166 Å². The summed E-state index contributed by atoms with van der Waals surface area (Å²) in [5.41, 5.74) is 5.88. The number of nitrogens with zero attached hydrogens (tertiary/aromatic N) is 4. The van der Waals surface area contributed by atoms with Gasteiger partial charge in [0, 0.05) is 82.4 Å². The van der Waals surface area contributed by atoms with E-state index in [-0.39, 0.29) is 61.3 Å². The molecule has 5 heterocycles. The van der Waals surface area contributed by atoms with E-state index in [2.05, 4.69) is 26.3 Å². The van der Waals surface area contributed by atoms with Gasteiger partial charge >= 0.3 is 18.1 Å². The highest BCUT2D eigenvalue weighted by Crippen LogP contribution is 2.49. The molecule has 2 aromatic carbocycles. The number of benzene rings is 2. The summed E-state index contributed by atoms with van der Waals surface area (Å²) in [7, 11) is 4.42. The molecule has 0 radical (unpaired) electrons. The molecule has 2 saturated heterocycles. The third-order valence-corrected chi connectivity index (χ3v) is 17.8. The highest BCUT2D eigenvalue weighted by Gasteiger charge is 2.64. The van der Waals surface area contributed by atoms with Gasteiger partial charge in [0.05, 0.1) is 39.8 Å². The van der Waals surface area contributed by atoms with E-state index in [4.69, 9.17) is 48.5 Å². The summed E-state index contributed by atoms with van der Waals surface area (Å²) in [5, 5.41) is 23.8. The number of likely N-dealkylation sites (N-methyl/N-ethyl adjacent to an activating group) is 1. The fourth-order valence-electron chi connectivity index (χ4n) is 11.5. The summed E-state index contributed by atoms with van der Waals surface area (Å²) >= 11 is 12.5. The monoisotopic (exact) mass is 1270 g/mol. The number of primary amides is 1. The van der Waals surface area contributed by atoms with Crippen molar-refractivity contribution in [2.75, 3.05) is 39.2 Å². The molecule has 25 heteroatoms. The van der Waals surface area contributed by atoms with E-state index in [1.54, 1.807) is 51.2 Å². The fraction of sp³-hybridized carbons (Fsp3) is 0.516. The lowest BCUT2D eigenvalue weighted by atomic mass is 9.83. The van der Waals surface area contributed by atoms with Crippen LogP contribution in [0.5, 0.6) is 0 Å². The quantitative estimate of drug-likeness (QED) is 0.0216. The Labute approximate surface area is 528 Å². The number of allylic oxidation sites excluding steroid dienone is 3. The number of Topliss-reactive ketones (excluding diaryl/α,β-unsaturated/α-hetero) is 1. The topological polar surface area (TPSA) is 311 Å². The minimum absolute atomic E-state index is 0.119. The lowest BCUT2D eigenvalue weighted by Crippen LogP contribution is -2.63. The van der Waals surface area contributed by atoms with Crippen molar-refractivity contribution in [1.82, 2.24) is 36.1 Å². The molecule has 0 spiro atoms. The van der Waals surface area contributed by atoms with Gasteiger partial charge < -0.3 is 55.5 Å². The van der Waals surface area contributed by atoms with Crippen LogP contribution in [0, 0.1) is 18.8 Å². The lowest BCUT2D eigenvalue weighted by Gasteiger charge is -2.42. The van der Waals surface area contributed by atoms with Crippen LogP contribution in [0.1, 0.15) is 120 Å². The van der Waals surface area contributed by atoms with E-state index in [1.807, 2.05) is 45.9 Å². The van der Waals surface area contributed by atoms with E-state index in [0.29, 0.717) is 70.8 Å². The molecule has 7 rings (SSSR count). The van der Waals surface area contributed by atoms with Crippen LogP contribution in [0.2, 0.25) is 5.02 Å². The van der Waals surface area contributed by atoms with Gasteiger partial charge in [0.2, 0.25) is 11.8 Å². The number of ketones is 1. The number of thiocarbonyl (C=S) groups is 1. The standard InChI is InChI=1S/C64H82ClN9O14S/c1-35(2)55(70-50(89)21-12-11-13-28-74-51(76)24-25-52(74)77)58(79)69-44(19-16-27-68-61(66)82)46(75)32-41-22-23-43(42-18-15-26-67-56(41)42)59(80)72(8)39(6)60(81)87-49-33-53(78)73(9)45-31-40(30-37(4)54(45)65)29-36(3)17-14-20-48(85-10)64(84)34-47(86-62(83)71-64)38(5)57-63(49,7)88-57/h14-15,17-18,20,22-26,30-31,35,38-39,44,47-49,55,57,84H,11-13,16,19,21,27-29,32-34H2,1-10H3,(H,69,79)(H,70,89)(H,71,83)(H3,66,68,82)/b20-14+,36-17+/t38-,39+,44+,47+,48-,49+,55+,57+,63+,64+/m1/s1. The Hall–Kier alpha value is -7.64. The van der Waals surface area contributed by atoms with Gasteiger partial charge in [-0.05, 0) is 107 Å². The van der Waals surface area contributed by atoms with E-state index >= 15 is 0 Å². The second-order valence-electron chi connectivity index (χ2n) is 24.0. The number of fused-ring (bicyclic) bond motifs is 6. The predicted octanol–water partition coefficient (Wildman–Crippen LogP) is 6.15. The first kappa shape index (κ1) is 68.8. The number of ether oxygens (including phenoxy) is 4. The summed E-state index contributed by atoms with van der Waals surface area (Å²) < 4.78 is 24.1. The third kappa shape index (κ3) is 16.8. The number of anilines is 1. The van der Waals surface area contributed by atoms with Crippen LogP contribution >= 0.6 is 23.8 Å². The molecule has 23 nitrogen and oxygen atoms in total. The first-order valence-electron chi connectivity index (χ1n) is 29.9. The molecular weight excluding hydrogens is 1190 g/mol. The molecule has 3 aromatic rings. The van der Waals surface area contributed by atoms with Crippen molar-refractivity contribution >= 4 is 98.8 Å². The van der Waals surface area contributed by atoms with E-state index in [1.165, 1.54) is 60.2 Å². The number of pyridine rings is 1. The number of nitrogens with one attached hydrogen (secondary N) is 4. The van der Waals surface area contributed by atoms with Gasteiger partial charge in [0.1, 0.15) is 36.0 Å². The number of esters is 1. The number of aliphatic hydroxyl groups is 1. The normalized spacial score (nSPS) is 24.7. The smallest absolute Gasteiger partial charge is 0.409 e. The van der Waals surface area contributed by atoms with E-state index < -0.39 is 102 Å². The highest BCUT2D eigenvalue weighted by atomic mass is 35.5. The molecule has 4 bridgehead atoms.